The third kappa shape index (κ3) is 6.90. The molecule has 0 bridgehead atoms. The van der Waals surface area contributed by atoms with Gasteiger partial charge in [-0.15, -0.1) is 0 Å². The molecule has 1 unspecified atom stereocenters. The second-order valence-electron chi connectivity index (χ2n) is 7.48. The van der Waals surface area contributed by atoms with Crippen LogP contribution in [0.15, 0.2) is 42.7 Å². The highest BCUT2D eigenvalue weighted by molar-refractivity contribution is 5.81. The zero-order chi connectivity index (χ0) is 19.9. The fourth-order valence-electron chi connectivity index (χ4n) is 2.43. The number of rotatable bonds is 8. The van der Waals surface area contributed by atoms with Gasteiger partial charge in [-0.1, -0.05) is 12.1 Å². The van der Waals surface area contributed by atoms with Crippen LogP contribution >= 0.6 is 0 Å². The molecule has 1 aromatic heterocycles. The van der Waals surface area contributed by atoms with Crippen molar-refractivity contribution in [3.63, 3.8) is 0 Å². The van der Waals surface area contributed by atoms with Gasteiger partial charge in [-0.3, -0.25) is 9.78 Å². The van der Waals surface area contributed by atoms with E-state index in [2.05, 4.69) is 15.6 Å². The molecule has 1 atom stereocenters. The van der Waals surface area contributed by atoms with Crippen molar-refractivity contribution in [2.24, 2.45) is 0 Å². The molecule has 0 aliphatic heterocycles. The van der Waals surface area contributed by atoms with E-state index in [4.69, 9.17) is 9.47 Å². The summed E-state index contributed by atoms with van der Waals surface area (Å²) in [4.78, 5) is 16.3. The summed E-state index contributed by atoms with van der Waals surface area (Å²) in [6.45, 7) is 8.70. The number of hydrogen-bond donors (Lipinski definition) is 2. The highest BCUT2D eigenvalue weighted by Crippen LogP contribution is 2.28. The molecule has 0 radical (unpaired) electrons. The molecule has 6 nitrogen and oxygen atoms in total. The second kappa shape index (κ2) is 9.37. The van der Waals surface area contributed by atoms with Crippen LogP contribution < -0.4 is 20.1 Å². The Bertz CT molecular complexity index is 742. The number of hydrogen-bond acceptors (Lipinski definition) is 5. The Kier molecular flexibility index (Phi) is 7.19. The first-order valence-corrected chi connectivity index (χ1v) is 9.02. The molecule has 1 amide bonds. The monoisotopic (exact) mass is 371 g/mol. The third-order valence-electron chi connectivity index (χ3n) is 3.85. The predicted molar refractivity (Wildman–Crippen MR) is 106 cm³/mol. The Hall–Kier alpha value is -2.60. The summed E-state index contributed by atoms with van der Waals surface area (Å²) in [5.74, 6) is 1.30. The minimum absolute atomic E-state index is 0.0240. The lowest BCUT2D eigenvalue weighted by Crippen LogP contribution is -2.49. The molecule has 6 heteroatoms. The van der Waals surface area contributed by atoms with E-state index in [1.807, 2.05) is 58.0 Å². The van der Waals surface area contributed by atoms with Crippen molar-refractivity contribution < 1.29 is 14.3 Å². The zero-order valence-electron chi connectivity index (χ0n) is 16.7. The number of carbonyl (C=O) groups excluding carboxylic acids is 1. The first-order valence-electron chi connectivity index (χ1n) is 9.02. The molecule has 1 aromatic carbocycles. The number of amides is 1. The van der Waals surface area contributed by atoms with Crippen LogP contribution in [-0.4, -0.2) is 29.6 Å². The van der Waals surface area contributed by atoms with Gasteiger partial charge in [0.15, 0.2) is 11.5 Å². The minimum Gasteiger partial charge on any atom is -0.493 e. The molecule has 27 heavy (non-hydrogen) atoms. The summed E-state index contributed by atoms with van der Waals surface area (Å²) in [6.07, 6.45) is 3.50. The quantitative estimate of drug-likeness (QED) is 0.746. The Morgan fingerprint density at radius 1 is 1.19 bits per heavy atom. The van der Waals surface area contributed by atoms with Gasteiger partial charge >= 0.3 is 0 Å². The number of nitrogens with one attached hydrogen (secondary N) is 2. The summed E-state index contributed by atoms with van der Waals surface area (Å²) < 4.78 is 11.3. The number of aromatic nitrogens is 1. The van der Waals surface area contributed by atoms with Gasteiger partial charge in [-0.25, -0.2) is 0 Å². The van der Waals surface area contributed by atoms with Crippen molar-refractivity contribution >= 4 is 5.91 Å². The number of carbonyl (C=O) groups is 1. The van der Waals surface area contributed by atoms with E-state index in [1.54, 1.807) is 19.5 Å². The SMILES string of the molecule is COc1ccc(CNC(C)C(=O)NC(C)(C)C)cc1OCc1cccnc1. The van der Waals surface area contributed by atoms with Crippen molar-refractivity contribution in [1.29, 1.82) is 0 Å². The van der Waals surface area contributed by atoms with Gasteiger partial charge in [0.05, 0.1) is 13.2 Å². The largest absolute Gasteiger partial charge is 0.493 e. The maximum Gasteiger partial charge on any atom is 0.237 e. The number of pyridine rings is 1. The number of ether oxygens (including phenoxy) is 2. The molecule has 0 saturated heterocycles. The van der Waals surface area contributed by atoms with Gasteiger partial charge in [-0.2, -0.15) is 0 Å². The summed E-state index contributed by atoms with van der Waals surface area (Å²) >= 11 is 0. The van der Waals surface area contributed by atoms with E-state index < -0.39 is 0 Å². The maximum atomic E-state index is 12.2. The third-order valence-corrected chi connectivity index (χ3v) is 3.85. The van der Waals surface area contributed by atoms with Gasteiger partial charge < -0.3 is 20.1 Å². The number of benzene rings is 1. The van der Waals surface area contributed by atoms with Crippen LogP contribution in [-0.2, 0) is 17.9 Å². The van der Waals surface area contributed by atoms with Crippen molar-refractivity contribution in [3.05, 3.63) is 53.9 Å². The van der Waals surface area contributed by atoms with E-state index in [-0.39, 0.29) is 17.5 Å². The zero-order valence-corrected chi connectivity index (χ0v) is 16.7. The fourth-order valence-corrected chi connectivity index (χ4v) is 2.43. The molecular formula is C21H29N3O3. The van der Waals surface area contributed by atoms with Crippen molar-refractivity contribution in [1.82, 2.24) is 15.6 Å². The van der Waals surface area contributed by atoms with Crippen LogP contribution in [0.5, 0.6) is 11.5 Å². The predicted octanol–water partition coefficient (Wildman–Crippen LogP) is 3.06. The smallest absolute Gasteiger partial charge is 0.237 e. The fraction of sp³-hybridized carbons (Fsp3) is 0.429. The molecule has 2 aromatic rings. The van der Waals surface area contributed by atoms with Gasteiger partial charge in [0.1, 0.15) is 6.61 Å². The molecule has 0 aliphatic rings. The summed E-state index contributed by atoms with van der Waals surface area (Å²) in [5.41, 5.74) is 1.74. The van der Waals surface area contributed by atoms with Crippen LogP contribution in [0.2, 0.25) is 0 Å². The van der Waals surface area contributed by atoms with Crippen molar-refractivity contribution in [3.8, 4) is 11.5 Å². The maximum absolute atomic E-state index is 12.2. The Morgan fingerprint density at radius 2 is 1.96 bits per heavy atom. The summed E-state index contributed by atoms with van der Waals surface area (Å²) in [5, 5.41) is 6.21. The highest BCUT2D eigenvalue weighted by atomic mass is 16.5. The molecule has 0 saturated carbocycles. The second-order valence-corrected chi connectivity index (χ2v) is 7.48. The van der Waals surface area contributed by atoms with Crippen LogP contribution in [0, 0.1) is 0 Å². The summed E-state index contributed by atoms with van der Waals surface area (Å²) in [6, 6.07) is 9.29. The molecule has 2 rings (SSSR count). The lowest BCUT2D eigenvalue weighted by Gasteiger charge is -2.23. The first-order chi connectivity index (χ1) is 12.8. The van der Waals surface area contributed by atoms with E-state index in [9.17, 15) is 4.79 Å². The van der Waals surface area contributed by atoms with E-state index in [1.165, 1.54) is 0 Å². The van der Waals surface area contributed by atoms with Gasteiger partial charge in [0.25, 0.3) is 0 Å². The van der Waals surface area contributed by atoms with Gasteiger partial charge in [-0.05, 0) is 51.5 Å². The standard InChI is InChI=1S/C21H29N3O3/c1-15(20(25)24-21(2,3)4)23-13-16-8-9-18(26-5)19(11-16)27-14-17-7-6-10-22-12-17/h6-12,15,23H,13-14H2,1-5H3,(H,24,25). The Morgan fingerprint density at radius 3 is 2.59 bits per heavy atom. The first kappa shape index (κ1) is 20.7. The lowest BCUT2D eigenvalue weighted by molar-refractivity contribution is -0.124. The Labute approximate surface area is 161 Å². The van der Waals surface area contributed by atoms with Gasteiger partial charge in [0, 0.05) is 30.0 Å². The molecule has 0 aliphatic carbocycles. The molecule has 2 N–H and O–H groups in total. The van der Waals surface area contributed by atoms with E-state index in [0.29, 0.717) is 24.7 Å². The average Bonchev–Trinajstić information content (AvgIpc) is 2.64. The lowest BCUT2D eigenvalue weighted by atomic mass is 10.1. The normalized spacial score (nSPS) is 12.3. The highest BCUT2D eigenvalue weighted by Gasteiger charge is 2.18. The average molecular weight is 371 g/mol. The minimum atomic E-state index is -0.300. The van der Waals surface area contributed by atoms with Crippen LogP contribution in [0.1, 0.15) is 38.8 Å². The molecule has 146 valence electrons. The molecule has 0 fully saturated rings. The van der Waals surface area contributed by atoms with Crippen LogP contribution in [0.25, 0.3) is 0 Å². The molecular weight excluding hydrogens is 342 g/mol. The number of nitrogens with zero attached hydrogens (tertiary/aromatic N) is 1. The molecule has 1 heterocycles. The van der Waals surface area contributed by atoms with Crippen LogP contribution in [0.4, 0.5) is 0 Å². The number of methoxy groups -OCH3 is 1. The van der Waals surface area contributed by atoms with Crippen molar-refractivity contribution in [2.45, 2.75) is 52.4 Å². The van der Waals surface area contributed by atoms with Gasteiger partial charge in [0.2, 0.25) is 5.91 Å². The van der Waals surface area contributed by atoms with Crippen molar-refractivity contribution in [2.75, 3.05) is 7.11 Å². The van der Waals surface area contributed by atoms with E-state index in [0.717, 1.165) is 11.1 Å². The summed E-state index contributed by atoms with van der Waals surface area (Å²) in [7, 11) is 1.61. The van der Waals surface area contributed by atoms with Crippen LogP contribution in [0.3, 0.4) is 0 Å². The molecule has 0 spiro atoms. The Balaban J connectivity index is 1.98. The van der Waals surface area contributed by atoms with E-state index >= 15 is 0 Å². The topological polar surface area (TPSA) is 72.5 Å².